The van der Waals surface area contributed by atoms with Crippen LogP contribution < -0.4 is 5.73 Å². The van der Waals surface area contributed by atoms with Crippen LogP contribution in [0.4, 0.5) is 0 Å². The maximum Gasteiger partial charge on any atom is 0.138 e. The maximum atomic E-state index is 12.0. The highest BCUT2D eigenvalue weighted by Gasteiger charge is 2.18. The summed E-state index contributed by atoms with van der Waals surface area (Å²) in [6, 6.07) is 5.49. The van der Waals surface area contributed by atoms with E-state index in [1.807, 2.05) is 12.1 Å². The normalized spacial score (nSPS) is 13.4. The van der Waals surface area contributed by atoms with Gasteiger partial charge >= 0.3 is 0 Å². The van der Waals surface area contributed by atoms with Crippen molar-refractivity contribution >= 4 is 33.3 Å². The molecule has 0 amide bonds. The van der Waals surface area contributed by atoms with Gasteiger partial charge in [0.2, 0.25) is 0 Å². The van der Waals surface area contributed by atoms with E-state index in [1.165, 1.54) is 0 Å². The molecule has 0 aliphatic rings. The van der Waals surface area contributed by atoms with Crippen molar-refractivity contribution in [1.29, 1.82) is 0 Å². The number of carbonyl (C=O) groups is 1. The molecule has 4 heteroatoms. The Bertz CT molecular complexity index is 454. The molecule has 0 heterocycles. The number of Topliss-reactive ketones (excluding diaryl/α,β-unsaturated/α-hetero) is 1. The van der Waals surface area contributed by atoms with Crippen molar-refractivity contribution < 1.29 is 4.79 Å². The molecular weight excluding hydrogens is 326 g/mol. The Morgan fingerprint density at radius 1 is 1.42 bits per heavy atom. The summed E-state index contributed by atoms with van der Waals surface area (Å²) in [5, 5.41) is 0.618. The molecule has 0 bridgehead atoms. The average molecular weight is 347 g/mol. The average Bonchev–Trinajstić information content (AvgIpc) is 2.19. The first-order valence-corrected chi connectivity index (χ1v) is 7.56. The van der Waals surface area contributed by atoms with Crippen LogP contribution in [0.25, 0.3) is 0 Å². The van der Waals surface area contributed by atoms with Gasteiger partial charge in [0.05, 0.1) is 0 Å². The molecule has 1 unspecified atom stereocenters. The zero-order valence-electron chi connectivity index (χ0n) is 11.7. The van der Waals surface area contributed by atoms with E-state index in [9.17, 15) is 4.79 Å². The molecule has 0 spiro atoms. The van der Waals surface area contributed by atoms with Crippen LogP contribution in [-0.4, -0.2) is 11.8 Å². The zero-order chi connectivity index (χ0) is 14.6. The topological polar surface area (TPSA) is 43.1 Å². The highest BCUT2D eigenvalue weighted by atomic mass is 79.9. The van der Waals surface area contributed by atoms with Crippen LogP contribution in [0, 0.1) is 5.41 Å². The number of carbonyl (C=O) groups excluding carboxylic acids is 1. The highest BCUT2D eigenvalue weighted by Crippen LogP contribution is 2.24. The lowest BCUT2D eigenvalue weighted by Crippen LogP contribution is -2.29. The summed E-state index contributed by atoms with van der Waals surface area (Å²) in [7, 11) is 0. The van der Waals surface area contributed by atoms with E-state index in [1.54, 1.807) is 6.07 Å². The summed E-state index contributed by atoms with van der Waals surface area (Å²) in [4.78, 5) is 12.0. The molecule has 0 saturated carbocycles. The molecule has 2 N–H and O–H groups in total. The molecule has 0 aromatic heterocycles. The van der Waals surface area contributed by atoms with Crippen LogP contribution in [-0.2, 0) is 11.2 Å². The van der Waals surface area contributed by atoms with Gasteiger partial charge in [-0.1, -0.05) is 54.4 Å². The van der Waals surface area contributed by atoms with Crippen molar-refractivity contribution in [2.24, 2.45) is 11.1 Å². The van der Waals surface area contributed by atoms with Crippen LogP contribution in [0.3, 0.4) is 0 Å². The SMILES string of the molecule is CC(C)(C)CC(N)CC(=O)Cc1ccc(Br)cc1Cl. The van der Waals surface area contributed by atoms with Gasteiger partial charge in [0.1, 0.15) is 5.78 Å². The Labute approximate surface area is 128 Å². The third kappa shape index (κ3) is 6.55. The summed E-state index contributed by atoms with van der Waals surface area (Å²) < 4.78 is 0.915. The monoisotopic (exact) mass is 345 g/mol. The van der Waals surface area contributed by atoms with Gasteiger partial charge < -0.3 is 5.73 Å². The number of benzene rings is 1. The molecule has 0 aliphatic carbocycles. The van der Waals surface area contributed by atoms with Gasteiger partial charge in [0, 0.05) is 28.4 Å². The largest absolute Gasteiger partial charge is 0.327 e. The molecule has 1 atom stereocenters. The fraction of sp³-hybridized carbons (Fsp3) is 0.533. The van der Waals surface area contributed by atoms with E-state index in [-0.39, 0.29) is 17.2 Å². The van der Waals surface area contributed by atoms with E-state index < -0.39 is 0 Å². The van der Waals surface area contributed by atoms with Crippen molar-refractivity contribution in [1.82, 2.24) is 0 Å². The van der Waals surface area contributed by atoms with Gasteiger partial charge in [0.25, 0.3) is 0 Å². The Balaban J connectivity index is 2.56. The van der Waals surface area contributed by atoms with Crippen molar-refractivity contribution in [3.63, 3.8) is 0 Å². The van der Waals surface area contributed by atoms with Gasteiger partial charge in [-0.3, -0.25) is 4.79 Å². The molecule has 2 nitrogen and oxygen atoms in total. The summed E-state index contributed by atoms with van der Waals surface area (Å²) in [5.74, 6) is 0.140. The van der Waals surface area contributed by atoms with Gasteiger partial charge in [-0.05, 0) is 29.5 Å². The van der Waals surface area contributed by atoms with Crippen LogP contribution in [0.15, 0.2) is 22.7 Å². The van der Waals surface area contributed by atoms with Crippen LogP contribution in [0.5, 0.6) is 0 Å². The van der Waals surface area contributed by atoms with E-state index in [4.69, 9.17) is 17.3 Å². The lowest BCUT2D eigenvalue weighted by Gasteiger charge is -2.22. The first kappa shape index (κ1) is 16.7. The molecule has 0 aliphatic heterocycles. The minimum Gasteiger partial charge on any atom is -0.327 e. The van der Waals surface area contributed by atoms with Crippen molar-refractivity contribution in [3.8, 4) is 0 Å². The van der Waals surface area contributed by atoms with Crippen molar-refractivity contribution in [3.05, 3.63) is 33.3 Å². The predicted molar refractivity (Wildman–Crippen MR) is 84.5 cm³/mol. The number of halogens is 2. The lowest BCUT2D eigenvalue weighted by molar-refractivity contribution is -0.118. The first-order valence-electron chi connectivity index (χ1n) is 6.38. The molecule has 19 heavy (non-hydrogen) atoms. The summed E-state index contributed by atoms with van der Waals surface area (Å²) >= 11 is 9.45. The van der Waals surface area contributed by atoms with E-state index in [0.29, 0.717) is 17.9 Å². The van der Waals surface area contributed by atoms with E-state index >= 15 is 0 Å². The Morgan fingerprint density at radius 3 is 2.58 bits per heavy atom. The second kappa shape index (κ2) is 6.87. The number of hydrogen-bond donors (Lipinski definition) is 1. The molecule has 0 fully saturated rings. The fourth-order valence-corrected chi connectivity index (χ4v) is 2.84. The molecule has 1 aromatic rings. The first-order chi connectivity index (χ1) is 8.67. The smallest absolute Gasteiger partial charge is 0.138 e. The third-order valence-electron chi connectivity index (χ3n) is 2.77. The molecule has 0 radical (unpaired) electrons. The van der Waals surface area contributed by atoms with Crippen LogP contribution in [0.1, 0.15) is 39.2 Å². The zero-order valence-corrected chi connectivity index (χ0v) is 14.0. The summed E-state index contributed by atoms with van der Waals surface area (Å²) in [5.41, 5.74) is 7.02. The third-order valence-corrected chi connectivity index (χ3v) is 3.61. The lowest BCUT2D eigenvalue weighted by atomic mass is 9.86. The molecule has 0 saturated heterocycles. The van der Waals surface area contributed by atoms with Gasteiger partial charge in [0.15, 0.2) is 0 Å². The van der Waals surface area contributed by atoms with Gasteiger partial charge in [-0.2, -0.15) is 0 Å². The quantitative estimate of drug-likeness (QED) is 0.860. The van der Waals surface area contributed by atoms with Crippen molar-refractivity contribution in [2.45, 2.75) is 46.1 Å². The van der Waals surface area contributed by atoms with Gasteiger partial charge in [-0.25, -0.2) is 0 Å². The Kier molecular flexibility index (Phi) is 6.03. The van der Waals surface area contributed by atoms with Gasteiger partial charge in [-0.15, -0.1) is 0 Å². The highest BCUT2D eigenvalue weighted by molar-refractivity contribution is 9.10. The van der Waals surface area contributed by atoms with E-state index in [0.717, 1.165) is 16.5 Å². The number of rotatable bonds is 5. The number of ketones is 1. The number of hydrogen-bond acceptors (Lipinski definition) is 2. The van der Waals surface area contributed by atoms with Crippen LogP contribution >= 0.6 is 27.5 Å². The number of nitrogens with two attached hydrogens (primary N) is 1. The molecule has 1 aromatic carbocycles. The summed E-state index contributed by atoms with van der Waals surface area (Å²) in [6.07, 6.45) is 1.60. The summed E-state index contributed by atoms with van der Waals surface area (Å²) in [6.45, 7) is 6.38. The second-order valence-corrected chi connectivity index (χ2v) is 7.50. The minimum atomic E-state index is -0.0817. The molecular formula is C15H21BrClNO. The fourth-order valence-electron chi connectivity index (χ4n) is 2.10. The minimum absolute atomic E-state index is 0.0817. The van der Waals surface area contributed by atoms with Crippen LogP contribution in [0.2, 0.25) is 5.02 Å². The second-order valence-electron chi connectivity index (χ2n) is 6.18. The van der Waals surface area contributed by atoms with E-state index in [2.05, 4.69) is 36.7 Å². The maximum absolute atomic E-state index is 12.0. The predicted octanol–water partition coefficient (Wildman–Crippen LogP) is 4.37. The molecule has 106 valence electrons. The molecule has 1 rings (SSSR count). The standard InChI is InChI=1S/C15H21BrClNO/c1-15(2,3)9-12(18)8-13(19)6-10-4-5-11(16)7-14(10)17/h4-5,7,12H,6,8-9,18H2,1-3H3. The Hall–Kier alpha value is -0.380. The van der Waals surface area contributed by atoms with Crippen molar-refractivity contribution in [2.75, 3.05) is 0 Å². The Morgan fingerprint density at radius 2 is 2.05 bits per heavy atom.